The van der Waals surface area contributed by atoms with Crippen LogP contribution < -0.4 is 0 Å². The molecule has 0 aromatic heterocycles. The number of hydrogen-bond acceptors (Lipinski definition) is 3. The molecule has 3 nitrogen and oxygen atoms in total. The molecule has 0 radical (unpaired) electrons. The van der Waals surface area contributed by atoms with Gasteiger partial charge in [0.05, 0.1) is 11.4 Å². The van der Waals surface area contributed by atoms with Crippen LogP contribution >= 0.6 is 11.6 Å². The summed E-state index contributed by atoms with van der Waals surface area (Å²) in [6.45, 7) is 0. The van der Waals surface area contributed by atoms with Crippen molar-refractivity contribution < 1.29 is 14.3 Å². The van der Waals surface area contributed by atoms with Gasteiger partial charge in [-0.05, 0) is 12.1 Å². The minimum atomic E-state index is -1.03. The first-order valence-electron chi connectivity index (χ1n) is 3.62. The lowest BCUT2D eigenvalue weighted by atomic mass is 10.1. The summed E-state index contributed by atoms with van der Waals surface area (Å²) in [5.74, 6) is -2.51. The second-order valence-corrected chi connectivity index (χ2v) is 2.76. The van der Waals surface area contributed by atoms with Crippen molar-refractivity contribution in [2.45, 2.75) is 0 Å². The van der Waals surface area contributed by atoms with Gasteiger partial charge in [0.15, 0.2) is 11.6 Å². The molecule has 0 aliphatic rings. The lowest BCUT2D eigenvalue weighted by Gasteiger charge is -2.02. The fraction of sp³-hybridized carbons (Fsp3) is 0.111. The van der Waals surface area contributed by atoms with Crippen LogP contribution in [0.25, 0.3) is 0 Å². The van der Waals surface area contributed by atoms with Crippen molar-refractivity contribution in [1.82, 2.24) is 0 Å². The maximum absolute atomic E-state index is 13.3. The van der Waals surface area contributed by atoms with Crippen LogP contribution in [0.4, 0.5) is 4.39 Å². The summed E-state index contributed by atoms with van der Waals surface area (Å²) in [4.78, 5) is 11.1. The Balaban J connectivity index is 3.37. The minimum Gasteiger partial charge on any atom is -0.506 e. The maximum atomic E-state index is 13.3. The van der Waals surface area contributed by atoms with Gasteiger partial charge in [0.1, 0.15) is 17.4 Å². The molecular weight excluding hydrogens is 209 g/mol. The molecule has 0 aliphatic heterocycles. The third kappa shape index (κ3) is 1.68. The molecule has 0 fully saturated rings. The first-order valence-corrected chi connectivity index (χ1v) is 4.16. The number of nitriles is 1. The summed E-state index contributed by atoms with van der Waals surface area (Å²) >= 11 is 5.23. The smallest absolute Gasteiger partial charge is 0.180 e. The normalized spacial score (nSPS) is 9.50. The van der Waals surface area contributed by atoms with Crippen molar-refractivity contribution in [3.8, 4) is 11.8 Å². The highest BCUT2D eigenvalue weighted by atomic mass is 35.5. The van der Waals surface area contributed by atoms with E-state index in [1.54, 1.807) is 0 Å². The van der Waals surface area contributed by atoms with Crippen LogP contribution in [0.15, 0.2) is 12.1 Å². The number of phenolic OH excluding ortho intramolecular Hbond substituents is 1. The van der Waals surface area contributed by atoms with Crippen LogP contribution in [0.1, 0.15) is 15.9 Å². The van der Waals surface area contributed by atoms with Crippen LogP contribution in [-0.4, -0.2) is 16.8 Å². The van der Waals surface area contributed by atoms with E-state index >= 15 is 0 Å². The fourth-order valence-electron chi connectivity index (χ4n) is 0.960. The molecule has 1 aromatic rings. The number of hydrogen-bond donors (Lipinski definition) is 1. The SMILES string of the molecule is N#Cc1c(O)ccc(C(=O)CCl)c1F. The Morgan fingerprint density at radius 3 is 2.79 bits per heavy atom. The molecule has 0 unspecified atom stereocenters. The molecule has 5 heteroatoms. The van der Waals surface area contributed by atoms with E-state index in [1.807, 2.05) is 0 Å². The number of carbonyl (C=O) groups excluding carboxylic acids is 1. The Morgan fingerprint density at radius 1 is 1.64 bits per heavy atom. The topological polar surface area (TPSA) is 61.1 Å². The van der Waals surface area contributed by atoms with Gasteiger partial charge < -0.3 is 5.11 Å². The van der Waals surface area contributed by atoms with Gasteiger partial charge in [0.2, 0.25) is 0 Å². The van der Waals surface area contributed by atoms with Gasteiger partial charge in [-0.1, -0.05) is 0 Å². The third-order valence-electron chi connectivity index (χ3n) is 1.65. The highest BCUT2D eigenvalue weighted by Crippen LogP contribution is 2.22. The van der Waals surface area contributed by atoms with Gasteiger partial charge in [0.25, 0.3) is 0 Å². The molecule has 14 heavy (non-hydrogen) atoms. The standard InChI is InChI=1S/C9H5ClFNO2/c10-3-8(14)5-1-2-7(13)6(4-12)9(5)11/h1-2,13H,3H2. The summed E-state index contributed by atoms with van der Waals surface area (Å²) in [5, 5.41) is 17.5. The van der Waals surface area contributed by atoms with Crippen LogP contribution in [-0.2, 0) is 0 Å². The first-order chi connectivity index (χ1) is 6.61. The van der Waals surface area contributed by atoms with Crippen molar-refractivity contribution in [3.63, 3.8) is 0 Å². The molecule has 0 amide bonds. The van der Waals surface area contributed by atoms with Crippen LogP contribution in [0.3, 0.4) is 0 Å². The summed E-state index contributed by atoms with van der Waals surface area (Å²) in [7, 11) is 0. The third-order valence-corrected chi connectivity index (χ3v) is 1.90. The van der Waals surface area contributed by atoms with Gasteiger partial charge in [-0.25, -0.2) is 4.39 Å². The molecule has 0 saturated carbocycles. The van der Waals surface area contributed by atoms with Crippen LogP contribution in [0.2, 0.25) is 0 Å². The van der Waals surface area contributed by atoms with Gasteiger partial charge in [-0.15, -0.1) is 11.6 Å². The molecule has 1 aromatic carbocycles. The van der Waals surface area contributed by atoms with E-state index in [0.717, 1.165) is 12.1 Å². The predicted octanol–water partition coefficient (Wildman–Crippen LogP) is 1.82. The monoisotopic (exact) mass is 213 g/mol. The Kier molecular flexibility index (Phi) is 3.05. The van der Waals surface area contributed by atoms with E-state index < -0.39 is 22.9 Å². The number of alkyl halides is 1. The van der Waals surface area contributed by atoms with Gasteiger partial charge in [-0.2, -0.15) is 5.26 Å². The van der Waals surface area contributed by atoms with E-state index in [1.165, 1.54) is 6.07 Å². The molecule has 0 heterocycles. The zero-order valence-corrected chi connectivity index (χ0v) is 7.68. The summed E-state index contributed by atoms with van der Waals surface area (Å²) in [6, 6.07) is 3.64. The lowest BCUT2D eigenvalue weighted by molar-refractivity contribution is 0.101. The average molecular weight is 214 g/mol. The van der Waals surface area contributed by atoms with Crippen LogP contribution in [0, 0.1) is 17.1 Å². The summed E-state index contributed by atoms with van der Waals surface area (Å²) in [5.41, 5.74) is -0.824. The Morgan fingerprint density at radius 2 is 2.29 bits per heavy atom. The van der Waals surface area contributed by atoms with Crippen molar-refractivity contribution in [3.05, 3.63) is 29.1 Å². The number of aromatic hydroxyl groups is 1. The molecular formula is C9H5ClFNO2. The highest BCUT2D eigenvalue weighted by Gasteiger charge is 2.17. The number of carbonyl (C=O) groups is 1. The maximum Gasteiger partial charge on any atom is 0.180 e. The van der Waals surface area contributed by atoms with Gasteiger partial charge >= 0.3 is 0 Å². The van der Waals surface area contributed by atoms with Crippen molar-refractivity contribution >= 4 is 17.4 Å². The Hall–Kier alpha value is -1.60. The second kappa shape index (κ2) is 4.07. The van der Waals surface area contributed by atoms with Crippen LogP contribution in [0.5, 0.6) is 5.75 Å². The number of nitrogens with zero attached hydrogens (tertiary/aromatic N) is 1. The van der Waals surface area contributed by atoms with E-state index in [-0.39, 0.29) is 11.4 Å². The Bertz CT molecular complexity index is 426. The predicted molar refractivity (Wildman–Crippen MR) is 47.8 cm³/mol. The number of ketones is 1. The van der Waals surface area contributed by atoms with E-state index in [0.29, 0.717) is 0 Å². The molecule has 1 rings (SSSR count). The quantitative estimate of drug-likeness (QED) is 0.602. The lowest BCUT2D eigenvalue weighted by Crippen LogP contribution is -2.05. The number of rotatable bonds is 2. The van der Waals surface area contributed by atoms with E-state index in [4.69, 9.17) is 22.0 Å². The molecule has 0 atom stereocenters. The molecule has 0 spiro atoms. The number of Topliss-reactive ketones (excluding diaryl/α,β-unsaturated/α-hetero) is 1. The zero-order chi connectivity index (χ0) is 10.7. The number of benzene rings is 1. The second-order valence-electron chi connectivity index (χ2n) is 2.49. The van der Waals surface area contributed by atoms with Crippen molar-refractivity contribution in [2.75, 3.05) is 5.88 Å². The Labute approximate surface area is 84.3 Å². The number of halogens is 2. The largest absolute Gasteiger partial charge is 0.506 e. The molecule has 1 N–H and O–H groups in total. The summed E-state index contributed by atoms with van der Waals surface area (Å²) < 4.78 is 13.3. The van der Waals surface area contributed by atoms with Crippen molar-refractivity contribution in [2.24, 2.45) is 0 Å². The molecule has 72 valence electrons. The van der Waals surface area contributed by atoms with E-state index in [9.17, 15) is 9.18 Å². The number of phenols is 1. The molecule has 0 bridgehead atoms. The summed E-state index contributed by atoms with van der Waals surface area (Å²) in [6.07, 6.45) is 0. The van der Waals surface area contributed by atoms with Crippen molar-refractivity contribution in [1.29, 1.82) is 5.26 Å². The van der Waals surface area contributed by atoms with Gasteiger partial charge in [0, 0.05) is 0 Å². The molecule has 0 aliphatic carbocycles. The first kappa shape index (κ1) is 10.5. The van der Waals surface area contributed by atoms with Gasteiger partial charge in [-0.3, -0.25) is 4.79 Å². The zero-order valence-electron chi connectivity index (χ0n) is 6.92. The average Bonchev–Trinajstić information content (AvgIpc) is 2.18. The highest BCUT2D eigenvalue weighted by molar-refractivity contribution is 6.30. The molecule has 0 saturated heterocycles. The minimum absolute atomic E-state index is 0.283. The fourth-order valence-corrected chi connectivity index (χ4v) is 1.10. The van der Waals surface area contributed by atoms with E-state index in [2.05, 4.69) is 0 Å².